The fourth-order valence-electron chi connectivity index (χ4n) is 2.41. The molecule has 1 aromatic carbocycles. The molecule has 0 spiro atoms. The second kappa shape index (κ2) is 5.67. The Morgan fingerprint density at radius 1 is 1.22 bits per heavy atom. The van der Waals surface area contributed by atoms with Crippen LogP contribution in [0.2, 0.25) is 0 Å². The molecule has 0 unspecified atom stereocenters. The second-order valence-corrected chi connectivity index (χ2v) is 5.47. The van der Waals surface area contributed by atoms with Crippen LogP contribution in [-0.2, 0) is 0 Å². The molecule has 98 valence electrons. The van der Waals surface area contributed by atoms with Gasteiger partial charge in [0.2, 0.25) is 0 Å². The summed E-state index contributed by atoms with van der Waals surface area (Å²) in [5.41, 5.74) is 9.25. The fraction of sp³-hybridized carbons (Fsp3) is 0.500. The van der Waals surface area contributed by atoms with Crippen LogP contribution in [0.15, 0.2) is 18.2 Å². The lowest BCUT2D eigenvalue weighted by Crippen LogP contribution is -2.30. The molecule has 0 amide bonds. The molecule has 1 heterocycles. The van der Waals surface area contributed by atoms with Crippen LogP contribution in [0.3, 0.4) is 0 Å². The van der Waals surface area contributed by atoms with E-state index in [2.05, 4.69) is 42.0 Å². The molecule has 2 rings (SSSR count). The zero-order valence-electron chi connectivity index (χ0n) is 11.1. The van der Waals surface area contributed by atoms with Crippen LogP contribution in [0, 0.1) is 6.92 Å². The molecule has 18 heavy (non-hydrogen) atoms. The first-order valence-electron chi connectivity index (χ1n) is 6.42. The third kappa shape index (κ3) is 3.00. The number of anilines is 1. The Morgan fingerprint density at radius 3 is 2.72 bits per heavy atom. The molecule has 0 aromatic heterocycles. The van der Waals surface area contributed by atoms with Crippen LogP contribution in [0.1, 0.15) is 17.5 Å². The van der Waals surface area contributed by atoms with Gasteiger partial charge in [-0.2, -0.15) is 0 Å². The summed E-state index contributed by atoms with van der Waals surface area (Å²) in [6.45, 7) is 6.43. The lowest BCUT2D eigenvalue weighted by molar-refractivity contribution is 0.360. The summed E-state index contributed by atoms with van der Waals surface area (Å²) in [6, 6.07) is 6.37. The molecule has 1 aromatic rings. The van der Waals surface area contributed by atoms with Crippen LogP contribution < -0.4 is 10.6 Å². The molecule has 3 nitrogen and oxygen atoms in total. The number of aryl methyl sites for hydroxylation is 1. The average molecular weight is 263 g/mol. The monoisotopic (exact) mass is 263 g/mol. The molecule has 4 heteroatoms. The first-order valence-corrected chi connectivity index (χ1v) is 6.82. The highest BCUT2D eigenvalue weighted by Gasteiger charge is 2.16. The number of thiocarbonyl (C=S) groups is 1. The zero-order chi connectivity index (χ0) is 13.1. The third-order valence-corrected chi connectivity index (χ3v) is 3.70. The Kier molecular flexibility index (Phi) is 4.19. The zero-order valence-corrected chi connectivity index (χ0v) is 12.0. The van der Waals surface area contributed by atoms with Gasteiger partial charge in [0.05, 0.1) is 0 Å². The van der Waals surface area contributed by atoms with Gasteiger partial charge >= 0.3 is 0 Å². The molecule has 1 saturated heterocycles. The van der Waals surface area contributed by atoms with Gasteiger partial charge in [0.25, 0.3) is 0 Å². The van der Waals surface area contributed by atoms with Gasteiger partial charge in [-0.05, 0) is 39.1 Å². The SMILES string of the molecule is Cc1ccc(N2CCCN(C)CC2)c(C(N)=S)c1. The van der Waals surface area contributed by atoms with E-state index in [1.54, 1.807) is 0 Å². The van der Waals surface area contributed by atoms with E-state index < -0.39 is 0 Å². The maximum Gasteiger partial charge on any atom is 0.106 e. The minimum absolute atomic E-state index is 0.492. The Labute approximate surface area is 115 Å². The van der Waals surface area contributed by atoms with Crippen molar-refractivity contribution in [2.45, 2.75) is 13.3 Å². The van der Waals surface area contributed by atoms with Crippen molar-refractivity contribution >= 4 is 22.9 Å². The largest absolute Gasteiger partial charge is 0.389 e. The smallest absolute Gasteiger partial charge is 0.106 e. The van der Waals surface area contributed by atoms with Gasteiger partial charge in [0, 0.05) is 30.9 Å². The normalized spacial score (nSPS) is 17.6. The first-order chi connectivity index (χ1) is 8.58. The Balaban J connectivity index is 2.29. The Hall–Kier alpha value is -1.13. The number of rotatable bonds is 2. The standard InChI is InChI=1S/C14H21N3S/c1-11-4-5-13(12(10-11)14(15)18)17-7-3-6-16(2)8-9-17/h4-5,10H,3,6-9H2,1-2H3,(H2,15,18). The highest BCUT2D eigenvalue weighted by Crippen LogP contribution is 2.23. The van der Waals surface area contributed by atoms with E-state index in [0.717, 1.165) is 31.7 Å². The third-order valence-electron chi connectivity index (χ3n) is 3.48. The molecule has 0 aliphatic carbocycles. The average Bonchev–Trinajstić information content (AvgIpc) is 2.54. The fourth-order valence-corrected chi connectivity index (χ4v) is 2.57. The molecule has 2 N–H and O–H groups in total. The van der Waals surface area contributed by atoms with Crippen LogP contribution in [0.5, 0.6) is 0 Å². The molecule has 0 atom stereocenters. The molecular formula is C14H21N3S. The van der Waals surface area contributed by atoms with Crippen molar-refractivity contribution in [1.82, 2.24) is 4.90 Å². The van der Waals surface area contributed by atoms with Gasteiger partial charge < -0.3 is 15.5 Å². The molecule has 0 radical (unpaired) electrons. The minimum Gasteiger partial charge on any atom is -0.389 e. The number of nitrogens with two attached hydrogens (primary N) is 1. The summed E-state index contributed by atoms with van der Waals surface area (Å²) in [5, 5.41) is 0. The van der Waals surface area contributed by atoms with Gasteiger partial charge in [-0.1, -0.05) is 23.8 Å². The van der Waals surface area contributed by atoms with E-state index in [4.69, 9.17) is 18.0 Å². The molecule has 1 aliphatic rings. The maximum absolute atomic E-state index is 5.85. The highest BCUT2D eigenvalue weighted by molar-refractivity contribution is 7.80. The number of hydrogen-bond acceptors (Lipinski definition) is 3. The topological polar surface area (TPSA) is 32.5 Å². The van der Waals surface area contributed by atoms with Crippen LogP contribution in [-0.4, -0.2) is 43.1 Å². The quantitative estimate of drug-likeness (QED) is 0.824. The van der Waals surface area contributed by atoms with Crippen molar-refractivity contribution in [3.63, 3.8) is 0 Å². The van der Waals surface area contributed by atoms with Gasteiger partial charge in [0.15, 0.2) is 0 Å². The van der Waals surface area contributed by atoms with Gasteiger partial charge in [-0.25, -0.2) is 0 Å². The molecule has 0 saturated carbocycles. The van der Waals surface area contributed by atoms with Crippen molar-refractivity contribution in [3.8, 4) is 0 Å². The Morgan fingerprint density at radius 2 is 2.00 bits per heavy atom. The van der Waals surface area contributed by atoms with Crippen LogP contribution in [0.4, 0.5) is 5.69 Å². The van der Waals surface area contributed by atoms with E-state index in [-0.39, 0.29) is 0 Å². The summed E-state index contributed by atoms with van der Waals surface area (Å²) >= 11 is 5.18. The van der Waals surface area contributed by atoms with Crippen molar-refractivity contribution in [2.75, 3.05) is 38.1 Å². The number of likely N-dealkylation sites (N-methyl/N-ethyl adjacent to an activating group) is 1. The van der Waals surface area contributed by atoms with Gasteiger partial charge in [-0.15, -0.1) is 0 Å². The van der Waals surface area contributed by atoms with Gasteiger partial charge in [-0.3, -0.25) is 0 Å². The van der Waals surface area contributed by atoms with Crippen molar-refractivity contribution < 1.29 is 0 Å². The van der Waals surface area contributed by atoms with Crippen molar-refractivity contribution in [3.05, 3.63) is 29.3 Å². The summed E-state index contributed by atoms with van der Waals surface area (Å²) < 4.78 is 0. The van der Waals surface area contributed by atoms with E-state index in [0.29, 0.717) is 4.99 Å². The first kappa shape index (κ1) is 13.3. The Bertz CT molecular complexity index is 445. The van der Waals surface area contributed by atoms with E-state index in [1.165, 1.54) is 17.7 Å². The minimum atomic E-state index is 0.492. The summed E-state index contributed by atoms with van der Waals surface area (Å²) in [5.74, 6) is 0. The van der Waals surface area contributed by atoms with E-state index in [1.807, 2.05) is 0 Å². The summed E-state index contributed by atoms with van der Waals surface area (Å²) in [6.07, 6.45) is 1.18. The summed E-state index contributed by atoms with van der Waals surface area (Å²) in [4.78, 5) is 5.26. The number of nitrogens with zero attached hydrogens (tertiary/aromatic N) is 2. The molecular weight excluding hydrogens is 242 g/mol. The predicted octanol–water partition coefficient (Wildman–Crippen LogP) is 1.77. The molecule has 1 fully saturated rings. The second-order valence-electron chi connectivity index (χ2n) is 5.03. The maximum atomic E-state index is 5.85. The van der Waals surface area contributed by atoms with E-state index >= 15 is 0 Å². The van der Waals surface area contributed by atoms with Crippen molar-refractivity contribution in [2.24, 2.45) is 5.73 Å². The van der Waals surface area contributed by atoms with Crippen LogP contribution in [0.25, 0.3) is 0 Å². The van der Waals surface area contributed by atoms with E-state index in [9.17, 15) is 0 Å². The highest BCUT2D eigenvalue weighted by atomic mass is 32.1. The predicted molar refractivity (Wildman–Crippen MR) is 81.4 cm³/mol. The van der Waals surface area contributed by atoms with Gasteiger partial charge in [0.1, 0.15) is 4.99 Å². The number of benzene rings is 1. The van der Waals surface area contributed by atoms with Crippen LogP contribution >= 0.6 is 12.2 Å². The number of hydrogen-bond donors (Lipinski definition) is 1. The van der Waals surface area contributed by atoms with Crippen molar-refractivity contribution in [1.29, 1.82) is 0 Å². The lowest BCUT2D eigenvalue weighted by Gasteiger charge is -2.25. The molecule has 1 aliphatic heterocycles. The summed E-state index contributed by atoms with van der Waals surface area (Å²) in [7, 11) is 2.17. The molecule has 0 bridgehead atoms. The lowest BCUT2D eigenvalue weighted by atomic mass is 10.1.